The molecule has 0 aliphatic rings. The summed E-state index contributed by atoms with van der Waals surface area (Å²) >= 11 is 0. The minimum absolute atomic E-state index is 0.00981. The van der Waals surface area contributed by atoms with E-state index in [2.05, 4.69) is 5.32 Å². The minimum Gasteiger partial charge on any atom is -0.395 e. The smallest absolute Gasteiger partial charge is 0.252 e. The van der Waals surface area contributed by atoms with E-state index in [4.69, 9.17) is 5.11 Å². The van der Waals surface area contributed by atoms with Gasteiger partial charge >= 0.3 is 0 Å². The van der Waals surface area contributed by atoms with Crippen LogP contribution in [0.25, 0.3) is 0 Å². The number of rotatable bonds is 7. The molecule has 120 valence electrons. The highest BCUT2D eigenvalue weighted by molar-refractivity contribution is 7.89. The third kappa shape index (κ3) is 4.12. The van der Waals surface area contributed by atoms with E-state index in [-0.39, 0.29) is 11.4 Å². The van der Waals surface area contributed by atoms with Crippen molar-refractivity contribution in [3.8, 4) is 0 Å². The van der Waals surface area contributed by atoms with Crippen LogP contribution in [-0.2, 0) is 10.0 Å². The van der Waals surface area contributed by atoms with E-state index in [1.54, 1.807) is 33.0 Å². The summed E-state index contributed by atoms with van der Waals surface area (Å²) in [6.07, 6.45) is -2.80. The standard InChI is InChI=1S/C13H20F2N2O3S/c1-9-6-11(16-3)7-10(2)13(9)21(19,20)17(4-5-18)8-12(14)15/h6-7,12,16,18H,4-5,8H2,1-3H3. The van der Waals surface area contributed by atoms with Gasteiger partial charge in [-0.1, -0.05) is 0 Å². The van der Waals surface area contributed by atoms with Crippen LogP contribution in [0, 0.1) is 13.8 Å². The van der Waals surface area contributed by atoms with Gasteiger partial charge in [-0.05, 0) is 37.1 Å². The molecule has 0 heterocycles. The molecule has 8 heteroatoms. The van der Waals surface area contributed by atoms with Crippen molar-refractivity contribution in [3.63, 3.8) is 0 Å². The Morgan fingerprint density at radius 1 is 1.29 bits per heavy atom. The van der Waals surface area contributed by atoms with Crippen LogP contribution in [0.4, 0.5) is 14.5 Å². The van der Waals surface area contributed by atoms with Gasteiger partial charge in [0.2, 0.25) is 10.0 Å². The number of hydrogen-bond acceptors (Lipinski definition) is 4. The molecule has 0 saturated heterocycles. The normalized spacial score (nSPS) is 12.2. The molecule has 2 N–H and O–H groups in total. The second-order valence-corrected chi connectivity index (χ2v) is 6.54. The maximum absolute atomic E-state index is 12.6. The van der Waals surface area contributed by atoms with E-state index >= 15 is 0 Å². The molecule has 0 aliphatic heterocycles. The number of anilines is 1. The Morgan fingerprint density at radius 2 is 1.81 bits per heavy atom. The maximum atomic E-state index is 12.6. The lowest BCUT2D eigenvalue weighted by Gasteiger charge is -2.23. The van der Waals surface area contributed by atoms with Gasteiger partial charge in [-0.3, -0.25) is 0 Å². The molecule has 0 aliphatic carbocycles. The van der Waals surface area contributed by atoms with Crippen LogP contribution < -0.4 is 5.32 Å². The lowest BCUT2D eigenvalue weighted by molar-refractivity contribution is 0.113. The number of sulfonamides is 1. The fourth-order valence-electron chi connectivity index (χ4n) is 2.21. The summed E-state index contributed by atoms with van der Waals surface area (Å²) < 4.78 is 50.9. The van der Waals surface area contributed by atoms with Gasteiger partial charge in [0, 0.05) is 19.3 Å². The molecule has 1 aromatic rings. The van der Waals surface area contributed by atoms with Crippen molar-refractivity contribution in [2.45, 2.75) is 25.2 Å². The number of aryl methyl sites for hydroxylation is 2. The van der Waals surface area contributed by atoms with Gasteiger partial charge in [0.25, 0.3) is 6.43 Å². The lowest BCUT2D eigenvalue weighted by atomic mass is 10.1. The van der Waals surface area contributed by atoms with Crippen LogP contribution in [0.1, 0.15) is 11.1 Å². The number of hydrogen-bond donors (Lipinski definition) is 2. The molecule has 0 bridgehead atoms. The van der Waals surface area contributed by atoms with Crippen molar-refractivity contribution < 1.29 is 22.3 Å². The van der Waals surface area contributed by atoms with Crippen molar-refractivity contribution in [3.05, 3.63) is 23.3 Å². The summed E-state index contributed by atoms with van der Waals surface area (Å²) in [4.78, 5) is 0.00981. The number of halogens is 2. The third-order valence-electron chi connectivity index (χ3n) is 3.04. The van der Waals surface area contributed by atoms with Crippen LogP contribution in [0.2, 0.25) is 0 Å². The Bertz CT molecular complexity index is 568. The third-order valence-corrected chi connectivity index (χ3v) is 5.21. The topological polar surface area (TPSA) is 69.6 Å². The molecule has 5 nitrogen and oxygen atoms in total. The molecule has 1 rings (SSSR count). The summed E-state index contributed by atoms with van der Waals surface area (Å²) in [5.41, 5.74) is 1.68. The number of benzene rings is 1. The first kappa shape index (κ1) is 17.8. The van der Waals surface area contributed by atoms with Crippen molar-refractivity contribution >= 4 is 15.7 Å². The Morgan fingerprint density at radius 3 is 2.19 bits per heavy atom. The average molecular weight is 322 g/mol. The molecule has 21 heavy (non-hydrogen) atoms. The first-order valence-corrected chi connectivity index (χ1v) is 7.86. The molecule has 0 unspecified atom stereocenters. The minimum atomic E-state index is -4.08. The zero-order valence-electron chi connectivity index (χ0n) is 12.2. The molecule has 0 atom stereocenters. The Balaban J connectivity index is 3.34. The number of alkyl halides is 2. The molecular formula is C13H20F2N2O3S. The molecule has 1 aromatic carbocycles. The first-order chi connectivity index (χ1) is 9.73. The molecule has 0 fully saturated rings. The van der Waals surface area contributed by atoms with E-state index < -0.39 is 29.6 Å². The predicted molar refractivity (Wildman–Crippen MR) is 77.3 cm³/mol. The molecule has 0 aromatic heterocycles. The summed E-state index contributed by atoms with van der Waals surface area (Å²) in [6, 6.07) is 3.28. The molecule has 0 spiro atoms. The van der Waals surface area contributed by atoms with E-state index in [0.29, 0.717) is 15.4 Å². The van der Waals surface area contributed by atoms with Crippen molar-refractivity contribution in [2.75, 3.05) is 32.1 Å². The highest BCUT2D eigenvalue weighted by atomic mass is 32.2. The Kier molecular flexibility index (Phi) is 6.06. The summed E-state index contributed by atoms with van der Waals surface area (Å²) in [5, 5.41) is 11.8. The van der Waals surface area contributed by atoms with Gasteiger partial charge in [0.1, 0.15) is 0 Å². The van der Waals surface area contributed by atoms with Gasteiger partial charge in [-0.15, -0.1) is 0 Å². The molecule has 0 amide bonds. The predicted octanol–water partition coefficient (Wildman–Crippen LogP) is 1.59. The summed E-state index contributed by atoms with van der Waals surface area (Å²) in [6.45, 7) is 1.41. The van der Waals surface area contributed by atoms with Crippen LogP contribution in [0.5, 0.6) is 0 Å². The second kappa shape index (κ2) is 7.15. The van der Waals surface area contributed by atoms with E-state index in [0.717, 1.165) is 5.69 Å². The SMILES string of the molecule is CNc1cc(C)c(S(=O)(=O)N(CCO)CC(F)F)c(C)c1. The maximum Gasteiger partial charge on any atom is 0.252 e. The first-order valence-electron chi connectivity index (χ1n) is 6.42. The van der Waals surface area contributed by atoms with Crippen molar-refractivity contribution in [1.82, 2.24) is 4.31 Å². The highest BCUT2D eigenvalue weighted by Gasteiger charge is 2.29. The van der Waals surface area contributed by atoms with Crippen LogP contribution in [-0.4, -0.2) is 51.0 Å². The quantitative estimate of drug-likeness (QED) is 0.800. The Labute approximate surface area is 123 Å². The van der Waals surface area contributed by atoms with Gasteiger partial charge in [0.05, 0.1) is 18.0 Å². The number of nitrogens with one attached hydrogen (secondary N) is 1. The van der Waals surface area contributed by atoms with Crippen molar-refractivity contribution in [2.24, 2.45) is 0 Å². The number of nitrogens with zero attached hydrogens (tertiary/aromatic N) is 1. The van der Waals surface area contributed by atoms with Gasteiger partial charge in [-0.2, -0.15) is 4.31 Å². The van der Waals surface area contributed by atoms with E-state index in [1.165, 1.54) is 0 Å². The fraction of sp³-hybridized carbons (Fsp3) is 0.538. The van der Waals surface area contributed by atoms with Gasteiger partial charge < -0.3 is 10.4 Å². The molecule has 0 radical (unpaired) electrons. The van der Waals surface area contributed by atoms with Crippen molar-refractivity contribution in [1.29, 1.82) is 0 Å². The Hall–Kier alpha value is -1.25. The molecule has 0 saturated carbocycles. The highest BCUT2D eigenvalue weighted by Crippen LogP contribution is 2.27. The van der Waals surface area contributed by atoms with E-state index in [1.807, 2.05) is 0 Å². The monoisotopic (exact) mass is 322 g/mol. The summed E-state index contributed by atoms with van der Waals surface area (Å²) in [7, 11) is -2.37. The van der Waals surface area contributed by atoms with Gasteiger partial charge in [-0.25, -0.2) is 17.2 Å². The van der Waals surface area contributed by atoms with Crippen LogP contribution >= 0.6 is 0 Å². The average Bonchev–Trinajstić information content (AvgIpc) is 2.36. The number of aliphatic hydroxyl groups is 1. The molecular weight excluding hydrogens is 302 g/mol. The zero-order valence-corrected chi connectivity index (χ0v) is 13.0. The number of aliphatic hydroxyl groups excluding tert-OH is 1. The lowest BCUT2D eigenvalue weighted by Crippen LogP contribution is -2.37. The second-order valence-electron chi connectivity index (χ2n) is 4.67. The zero-order chi connectivity index (χ0) is 16.2. The van der Waals surface area contributed by atoms with Crippen LogP contribution in [0.3, 0.4) is 0 Å². The van der Waals surface area contributed by atoms with E-state index in [9.17, 15) is 17.2 Å². The summed E-state index contributed by atoms with van der Waals surface area (Å²) in [5.74, 6) is 0. The van der Waals surface area contributed by atoms with Crippen LogP contribution in [0.15, 0.2) is 17.0 Å². The van der Waals surface area contributed by atoms with Gasteiger partial charge in [0.15, 0.2) is 0 Å². The largest absolute Gasteiger partial charge is 0.395 e. The fourth-order valence-corrected chi connectivity index (χ4v) is 4.03.